The summed E-state index contributed by atoms with van der Waals surface area (Å²) >= 11 is 0. The average Bonchev–Trinajstić information content (AvgIpc) is 2.42. The summed E-state index contributed by atoms with van der Waals surface area (Å²) in [4.78, 5) is 11.7. The standard InChI is InChI=1S/C15H24N2O2/c1-4-12(5-2)17-15(19)16-10-14(18)13-9-7-6-8-11(13)3/h6-9,12,14,18H,4-5,10H2,1-3H3,(H2,16,17,19). The molecule has 0 aliphatic carbocycles. The third kappa shape index (κ3) is 4.91. The molecule has 0 fully saturated rings. The van der Waals surface area contributed by atoms with E-state index < -0.39 is 6.10 Å². The van der Waals surface area contributed by atoms with Crippen molar-refractivity contribution < 1.29 is 9.90 Å². The van der Waals surface area contributed by atoms with Crippen LogP contribution in [0.1, 0.15) is 43.9 Å². The molecule has 0 aliphatic rings. The third-order valence-electron chi connectivity index (χ3n) is 3.32. The van der Waals surface area contributed by atoms with Gasteiger partial charge in [-0.05, 0) is 30.9 Å². The van der Waals surface area contributed by atoms with Gasteiger partial charge in [0.25, 0.3) is 0 Å². The number of rotatable bonds is 6. The minimum Gasteiger partial charge on any atom is -0.387 e. The van der Waals surface area contributed by atoms with Gasteiger partial charge in [0.05, 0.1) is 6.10 Å². The first-order valence-electron chi connectivity index (χ1n) is 6.86. The topological polar surface area (TPSA) is 61.4 Å². The maximum Gasteiger partial charge on any atom is 0.315 e. The van der Waals surface area contributed by atoms with Gasteiger partial charge in [0.2, 0.25) is 0 Å². The van der Waals surface area contributed by atoms with Crippen LogP contribution in [0.2, 0.25) is 0 Å². The van der Waals surface area contributed by atoms with Crippen molar-refractivity contribution in [2.45, 2.75) is 45.8 Å². The quantitative estimate of drug-likeness (QED) is 0.739. The molecule has 0 heterocycles. The van der Waals surface area contributed by atoms with E-state index in [-0.39, 0.29) is 18.6 Å². The van der Waals surface area contributed by atoms with Gasteiger partial charge < -0.3 is 15.7 Å². The second kappa shape index (κ2) is 7.79. The molecule has 0 spiro atoms. The third-order valence-corrected chi connectivity index (χ3v) is 3.32. The molecule has 1 aromatic rings. The smallest absolute Gasteiger partial charge is 0.315 e. The van der Waals surface area contributed by atoms with Gasteiger partial charge in [0.15, 0.2) is 0 Å². The molecular weight excluding hydrogens is 240 g/mol. The number of aliphatic hydroxyl groups excluding tert-OH is 1. The Labute approximate surface area is 115 Å². The van der Waals surface area contributed by atoms with E-state index in [1.807, 2.05) is 45.0 Å². The number of nitrogens with one attached hydrogen (secondary N) is 2. The van der Waals surface area contributed by atoms with Crippen LogP contribution in [0.4, 0.5) is 4.79 Å². The van der Waals surface area contributed by atoms with Crippen molar-refractivity contribution in [3.05, 3.63) is 35.4 Å². The lowest BCUT2D eigenvalue weighted by molar-refractivity contribution is 0.171. The summed E-state index contributed by atoms with van der Waals surface area (Å²) in [6.45, 7) is 6.24. The van der Waals surface area contributed by atoms with Gasteiger partial charge in [0, 0.05) is 12.6 Å². The molecule has 0 saturated carbocycles. The Balaban J connectivity index is 2.44. The maximum atomic E-state index is 11.7. The highest BCUT2D eigenvalue weighted by molar-refractivity contribution is 5.74. The van der Waals surface area contributed by atoms with Crippen LogP contribution in [-0.2, 0) is 0 Å². The van der Waals surface area contributed by atoms with Crippen molar-refractivity contribution in [1.82, 2.24) is 10.6 Å². The van der Waals surface area contributed by atoms with Gasteiger partial charge in [-0.25, -0.2) is 4.79 Å². The Hall–Kier alpha value is -1.55. The average molecular weight is 264 g/mol. The zero-order valence-electron chi connectivity index (χ0n) is 11.9. The Bertz CT molecular complexity index is 403. The van der Waals surface area contributed by atoms with Gasteiger partial charge in [-0.15, -0.1) is 0 Å². The number of urea groups is 1. The summed E-state index contributed by atoms with van der Waals surface area (Å²) in [5.74, 6) is 0. The van der Waals surface area contributed by atoms with Crippen molar-refractivity contribution in [1.29, 1.82) is 0 Å². The minimum atomic E-state index is -0.673. The van der Waals surface area contributed by atoms with E-state index in [0.29, 0.717) is 0 Å². The molecule has 0 saturated heterocycles. The normalized spacial score (nSPS) is 12.3. The highest BCUT2D eigenvalue weighted by Gasteiger charge is 2.12. The Morgan fingerprint density at radius 1 is 1.26 bits per heavy atom. The lowest BCUT2D eigenvalue weighted by atomic mass is 10.0. The number of hydrogen-bond acceptors (Lipinski definition) is 2. The number of aryl methyl sites for hydroxylation is 1. The highest BCUT2D eigenvalue weighted by atomic mass is 16.3. The molecule has 2 amide bonds. The van der Waals surface area contributed by atoms with Crippen LogP contribution >= 0.6 is 0 Å². The fraction of sp³-hybridized carbons (Fsp3) is 0.533. The first kappa shape index (κ1) is 15.5. The maximum absolute atomic E-state index is 11.7. The molecule has 0 aliphatic heterocycles. The zero-order valence-corrected chi connectivity index (χ0v) is 11.9. The van der Waals surface area contributed by atoms with Gasteiger partial charge >= 0.3 is 6.03 Å². The molecule has 4 heteroatoms. The number of benzene rings is 1. The Morgan fingerprint density at radius 2 is 1.89 bits per heavy atom. The van der Waals surface area contributed by atoms with Crippen LogP contribution in [0.15, 0.2) is 24.3 Å². The first-order valence-corrected chi connectivity index (χ1v) is 6.86. The van der Waals surface area contributed by atoms with E-state index >= 15 is 0 Å². The summed E-state index contributed by atoms with van der Waals surface area (Å²) in [6.07, 6.45) is 1.14. The van der Waals surface area contributed by atoms with Crippen molar-refractivity contribution in [2.24, 2.45) is 0 Å². The molecule has 0 radical (unpaired) electrons. The number of amides is 2. The summed E-state index contributed by atoms with van der Waals surface area (Å²) in [7, 11) is 0. The molecule has 1 unspecified atom stereocenters. The second-order valence-corrected chi connectivity index (χ2v) is 4.74. The van der Waals surface area contributed by atoms with Crippen molar-refractivity contribution in [3.8, 4) is 0 Å². The molecule has 1 atom stereocenters. The van der Waals surface area contributed by atoms with Gasteiger partial charge in [-0.3, -0.25) is 0 Å². The highest BCUT2D eigenvalue weighted by Crippen LogP contribution is 2.16. The van der Waals surface area contributed by atoms with Crippen LogP contribution in [0, 0.1) is 6.92 Å². The monoisotopic (exact) mass is 264 g/mol. The molecular formula is C15H24N2O2. The van der Waals surface area contributed by atoms with Crippen molar-refractivity contribution >= 4 is 6.03 Å². The summed E-state index contributed by atoms with van der Waals surface area (Å²) in [5, 5.41) is 15.6. The first-order chi connectivity index (χ1) is 9.08. The van der Waals surface area contributed by atoms with Crippen LogP contribution in [0.3, 0.4) is 0 Å². The Morgan fingerprint density at radius 3 is 2.47 bits per heavy atom. The summed E-state index contributed by atoms with van der Waals surface area (Å²) < 4.78 is 0. The lowest BCUT2D eigenvalue weighted by Gasteiger charge is -2.18. The predicted octanol–water partition coefficient (Wildman–Crippen LogP) is 2.52. The second-order valence-electron chi connectivity index (χ2n) is 4.74. The fourth-order valence-corrected chi connectivity index (χ4v) is 1.99. The molecule has 106 valence electrons. The molecule has 3 N–H and O–H groups in total. The van der Waals surface area contributed by atoms with E-state index in [4.69, 9.17) is 0 Å². The van der Waals surface area contributed by atoms with Crippen molar-refractivity contribution in [3.63, 3.8) is 0 Å². The molecule has 0 bridgehead atoms. The van der Waals surface area contributed by atoms with Crippen LogP contribution in [0.5, 0.6) is 0 Å². The van der Waals surface area contributed by atoms with E-state index in [9.17, 15) is 9.90 Å². The number of carbonyl (C=O) groups excluding carboxylic acids is 1. The molecule has 1 rings (SSSR count). The van der Waals surface area contributed by atoms with E-state index in [0.717, 1.165) is 24.0 Å². The van der Waals surface area contributed by atoms with Gasteiger partial charge in [0.1, 0.15) is 0 Å². The lowest BCUT2D eigenvalue weighted by Crippen LogP contribution is -2.43. The largest absolute Gasteiger partial charge is 0.387 e. The predicted molar refractivity (Wildman–Crippen MR) is 77.0 cm³/mol. The zero-order chi connectivity index (χ0) is 14.3. The van der Waals surface area contributed by atoms with Gasteiger partial charge in [-0.1, -0.05) is 38.1 Å². The fourth-order valence-electron chi connectivity index (χ4n) is 1.99. The van der Waals surface area contributed by atoms with Crippen LogP contribution in [0.25, 0.3) is 0 Å². The SMILES string of the molecule is CCC(CC)NC(=O)NCC(O)c1ccccc1C. The van der Waals surface area contributed by atoms with E-state index in [1.165, 1.54) is 0 Å². The van der Waals surface area contributed by atoms with Gasteiger partial charge in [-0.2, -0.15) is 0 Å². The van der Waals surface area contributed by atoms with Crippen molar-refractivity contribution in [2.75, 3.05) is 6.54 Å². The molecule has 4 nitrogen and oxygen atoms in total. The number of aliphatic hydroxyl groups is 1. The number of carbonyl (C=O) groups is 1. The van der Waals surface area contributed by atoms with E-state index in [1.54, 1.807) is 0 Å². The summed E-state index contributed by atoms with van der Waals surface area (Å²) in [6, 6.07) is 7.61. The summed E-state index contributed by atoms with van der Waals surface area (Å²) in [5.41, 5.74) is 1.88. The molecule has 0 aromatic heterocycles. The minimum absolute atomic E-state index is 0.190. The van der Waals surface area contributed by atoms with Crippen LogP contribution in [-0.4, -0.2) is 23.7 Å². The van der Waals surface area contributed by atoms with Crippen LogP contribution < -0.4 is 10.6 Å². The molecule has 1 aromatic carbocycles. The Kier molecular flexibility index (Phi) is 6.36. The van der Waals surface area contributed by atoms with E-state index in [2.05, 4.69) is 10.6 Å². The molecule has 19 heavy (non-hydrogen) atoms. The number of hydrogen-bond donors (Lipinski definition) is 3.